The summed E-state index contributed by atoms with van der Waals surface area (Å²) in [7, 11) is -2.87. The third kappa shape index (κ3) is 5.76. The summed E-state index contributed by atoms with van der Waals surface area (Å²) < 4.78 is 34.9. The van der Waals surface area contributed by atoms with Crippen LogP contribution in [0.25, 0.3) is 0 Å². The molecule has 2 aliphatic heterocycles. The minimum absolute atomic E-state index is 0.138. The van der Waals surface area contributed by atoms with E-state index in [2.05, 4.69) is 15.6 Å². The van der Waals surface area contributed by atoms with Gasteiger partial charge in [-0.25, -0.2) is 13.4 Å². The number of sulfone groups is 1. The van der Waals surface area contributed by atoms with Gasteiger partial charge in [0, 0.05) is 24.6 Å². The second-order valence-electron chi connectivity index (χ2n) is 7.41. The molecule has 1 unspecified atom stereocenters. The van der Waals surface area contributed by atoms with Gasteiger partial charge in [0.1, 0.15) is 0 Å². The highest BCUT2D eigenvalue weighted by Gasteiger charge is 2.27. The zero-order valence-corrected chi connectivity index (χ0v) is 16.8. The van der Waals surface area contributed by atoms with E-state index in [0.717, 1.165) is 23.5 Å². The highest BCUT2D eigenvalue weighted by atomic mass is 32.2. The molecule has 0 bridgehead atoms. The van der Waals surface area contributed by atoms with Gasteiger partial charge in [0.15, 0.2) is 27.3 Å². The summed E-state index contributed by atoms with van der Waals surface area (Å²) in [6.45, 7) is 6.44. The van der Waals surface area contributed by atoms with E-state index in [9.17, 15) is 8.42 Å². The Morgan fingerprint density at radius 3 is 2.85 bits per heavy atom. The lowest BCUT2D eigenvalue weighted by molar-refractivity contribution is 0.296. The van der Waals surface area contributed by atoms with E-state index in [1.165, 1.54) is 0 Å². The standard InChI is InChI=1S/C19H29N3O4S/c1-14(2)22-19(20-11-15-7-10-27(23,24)13-15)21-12-16-5-3-6-17-18(16)26-9-4-8-25-17/h3,5-6,14-15H,4,7-13H2,1-2H3,(H2,20,21,22). The van der Waals surface area contributed by atoms with Crippen molar-refractivity contribution in [2.24, 2.45) is 10.9 Å². The molecule has 0 aliphatic carbocycles. The fraction of sp³-hybridized carbons (Fsp3) is 0.632. The first kappa shape index (κ1) is 19.8. The van der Waals surface area contributed by atoms with Crippen molar-refractivity contribution >= 4 is 15.8 Å². The molecule has 0 saturated carbocycles. The Morgan fingerprint density at radius 1 is 1.30 bits per heavy atom. The molecule has 1 aromatic rings. The van der Waals surface area contributed by atoms with Crippen molar-refractivity contribution in [3.63, 3.8) is 0 Å². The summed E-state index contributed by atoms with van der Waals surface area (Å²) in [6.07, 6.45) is 1.57. The van der Waals surface area contributed by atoms with Gasteiger partial charge in [0.05, 0.1) is 31.3 Å². The Hall–Kier alpha value is -1.96. The Kier molecular flexibility index (Phi) is 6.46. The third-order valence-corrected chi connectivity index (χ3v) is 6.41. The lowest BCUT2D eigenvalue weighted by Crippen LogP contribution is -2.43. The zero-order valence-electron chi connectivity index (χ0n) is 16.0. The number of aliphatic imine (C=N–C) groups is 1. The van der Waals surface area contributed by atoms with Gasteiger partial charge >= 0.3 is 0 Å². The van der Waals surface area contributed by atoms with E-state index in [1.807, 2.05) is 32.0 Å². The van der Waals surface area contributed by atoms with Crippen LogP contribution in [0.15, 0.2) is 23.2 Å². The molecule has 1 fully saturated rings. The minimum atomic E-state index is -2.87. The first-order valence-corrected chi connectivity index (χ1v) is 11.4. The van der Waals surface area contributed by atoms with Crippen LogP contribution in [0.5, 0.6) is 11.5 Å². The SMILES string of the molecule is CC(C)NC(=NCc1cccc2c1OCCCO2)NCC1CCS(=O)(=O)C1. The van der Waals surface area contributed by atoms with Gasteiger partial charge in [-0.2, -0.15) is 0 Å². The average molecular weight is 396 g/mol. The molecule has 8 heteroatoms. The van der Waals surface area contributed by atoms with Crippen LogP contribution in [0.2, 0.25) is 0 Å². The molecule has 0 radical (unpaired) electrons. The molecule has 0 aromatic heterocycles. The zero-order chi connectivity index (χ0) is 19.3. The lowest BCUT2D eigenvalue weighted by atomic mass is 10.1. The molecule has 3 rings (SSSR count). The molecular weight excluding hydrogens is 366 g/mol. The number of para-hydroxylation sites is 1. The number of nitrogens with zero attached hydrogens (tertiary/aromatic N) is 1. The molecule has 2 aliphatic rings. The number of rotatable bonds is 5. The van der Waals surface area contributed by atoms with Crippen molar-refractivity contribution in [1.29, 1.82) is 0 Å². The van der Waals surface area contributed by atoms with E-state index in [-0.39, 0.29) is 23.5 Å². The van der Waals surface area contributed by atoms with Gasteiger partial charge < -0.3 is 20.1 Å². The van der Waals surface area contributed by atoms with Gasteiger partial charge in [-0.1, -0.05) is 12.1 Å². The maximum absolute atomic E-state index is 11.6. The van der Waals surface area contributed by atoms with Crippen LogP contribution in [0.3, 0.4) is 0 Å². The van der Waals surface area contributed by atoms with Crippen LogP contribution < -0.4 is 20.1 Å². The monoisotopic (exact) mass is 395 g/mol. The highest BCUT2D eigenvalue weighted by molar-refractivity contribution is 7.91. The highest BCUT2D eigenvalue weighted by Crippen LogP contribution is 2.33. The van der Waals surface area contributed by atoms with Crippen LogP contribution in [0, 0.1) is 5.92 Å². The van der Waals surface area contributed by atoms with Gasteiger partial charge in [-0.3, -0.25) is 0 Å². The van der Waals surface area contributed by atoms with Gasteiger partial charge in [0.2, 0.25) is 0 Å². The Labute approximate surface area is 161 Å². The second kappa shape index (κ2) is 8.82. The first-order valence-electron chi connectivity index (χ1n) is 9.56. The smallest absolute Gasteiger partial charge is 0.191 e. The molecule has 27 heavy (non-hydrogen) atoms. The van der Waals surface area contributed by atoms with Crippen molar-refractivity contribution < 1.29 is 17.9 Å². The maximum Gasteiger partial charge on any atom is 0.191 e. The molecule has 1 aromatic carbocycles. The minimum Gasteiger partial charge on any atom is -0.490 e. The number of fused-ring (bicyclic) bond motifs is 1. The summed E-state index contributed by atoms with van der Waals surface area (Å²) in [5.74, 6) is 2.90. The summed E-state index contributed by atoms with van der Waals surface area (Å²) in [5, 5.41) is 6.60. The van der Waals surface area contributed by atoms with Crippen LogP contribution in [0.1, 0.15) is 32.3 Å². The summed E-state index contributed by atoms with van der Waals surface area (Å²) in [5.41, 5.74) is 0.975. The predicted molar refractivity (Wildman–Crippen MR) is 106 cm³/mol. The van der Waals surface area contributed by atoms with E-state index in [4.69, 9.17) is 9.47 Å². The van der Waals surface area contributed by atoms with Gasteiger partial charge in [-0.15, -0.1) is 0 Å². The van der Waals surface area contributed by atoms with Crippen molar-refractivity contribution in [1.82, 2.24) is 10.6 Å². The number of ether oxygens (including phenoxy) is 2. The summed E-state index contributed by atoms with van der Waals surface area (Å²) in [4.78, 5) is 4.68. The van der Waals surface area contributed by atoms with Gasteiger partial charge in [-0.05, 0) is 32.3 Å². The molecule has 1 saturated heterocycles. The number of nitrogens with one attached hydrogen (secondary N) is 2. The largest absolute Gasteiger partial charge is 0.490 e. The summed E-state index contributed by atoms with van der Waals surface area (Å²) in [6, 6.07) is 6.08. The fourth-order valence-electron chi connectivity index (χ4n) is 3.24. The number of guanidine groups is 1. The van der Waals surface area contributed by atoms with Crippen LogP contribution in [-0.4, -0.2) is 51.7 Å². The molecule has 1 atom stereocenters. The van der Waals surface area contributed by atoms with Crippen molar-refractivity contribution in [2.45, 2.75) is 39.3 Å². The molecule has 0 amide bonds. The lowest BCUT2D eigenvalue weighted by Gasteiger charge is -2.18. The summed E-state index contributed by atoms with van der Waals surface area (Å²) >= 11 is 0. The predicted octanol–water partition coefficient (Wildman–Crippen LogP) is 1.73. The molecule has 150 valence electrons. The van der Waals surface area contributed by atoms with E-state index < -0.39 is 9.84 Å². The maximum atomic E-state index is 11.6. The number of hydrogen-bond donors (Lipinski definition) is 2. The number of hydrogen-bond acceptors (Lipinski definition) is 5. The van der Waals surface area contributed by atoms with Crippen LogP contribution in [-0.2, 0) is 16.4 Å². The molecule has 0 spiro atoms. The third-order valence-electron chi connectivity index (χ3n) is 4.57. The van der Waals surface area contributed by atoms with Crippen molar-refractivity contribution in [3.8, 4) is 11.5 Å². The molecule has 2 heterocycles. The quantitative estimate of drug-likeness (QED) is 0.583. The average Bonchev–Trinajstić information content (AvgIpc) is 2.81. The fourth-order valence-corrected chi connectivity index (χ4v) is 5.10. The van der Waals surface area contributed by atoms with E-state index in [0.29, 0.717) is 38.7 Å². The second-order valence-corrected chi connectivity index (χ2v) is 9.64. The normalized spacial score (nSPS) is 21.7. The molecule has 2 N–H and O–H groups in total. The van der Waals surface area contributed by atoms with Crippen molar-refractivity contribution in [3.05, 3.63) is 23.8 Å². The topological polar surface area (TPSA) is 89.0 Å². The van der Waals surface area contributed by atoms with E-state index in [1.54, 1.807) is 0 Å². The molecule has 7 nitrogen and oxygen atoms in total. The molecular formula is C19H29N3O4S. The van der Waals surface area contributed by atoms with Crippen LogP contribution in [0.4, 0.5) is 0 Å². The van der Waals surface area contributed by atoms with Gasteiger partial charge in [0.25, 0.3) is 0 Å². The Balaban J connectivity index is 1.67. The Bertz CT molecular complexity index is 777. The van der Waals surface area contributed by atoms with Crippen LogP contribution >= 0.6 is 0 Å². The van der Waals surface area contributed by atoms with Crippen molar-refractivity contribution in [2.75, 3.05) is 31.3 Å². The Morgan fingerprint density at radius 2 is 2.11 bits per heavy atom. The van der Waals surface area contributed by atoms with E-state index >= 15 is 0 Å². The first-order chi connectivity index (χ1) is 12.9. The number of benzene rings is 1.